The van der Waals surface area contributed by atoms with E-state index in [4.69, 9.17) is 11.5 Å². The van der Waals surface area contributed by atoms with Gasteiger partial charge in [-0.1, -0.05) is 12.8 Å². The van der Waals surface area contributed by atoms with Crippen molar-refractivity contribution in [3.63, 3.8) is 0 Å². The van der Waals surface area contributed by atoms with Crippen LogP contribution >= 0.6 is 0 Å². The second-order valence-corrected chi connectivity index (χ2v) is 4.66. The molecule has 2 N–H and O–H groups in total. The number of carboxylic acid groups (broad SMARTS) is 1. The summed E-state index contributed by atoms with van der Waals surface area (Å²) in [5, 5.41) is 11.5. The van der Waals surface area contributed by atoms with Crippen LogP contribution in [-0.4, -0.2) is 41.6 Å². The average molecular weight is 252 g/mol. The topological polar surface area (TPSA) is 69.6 Å². The number of terminal acetylenes is 1. The second-order valence-electron chi connectivity index (χ2n) is 4.66. The number of aliphatic carboxylic acids is 1. The Hall–Kier alpha value is -1.70. The van der Waals surface area contributed by atoms with Crippen LogP contribution in [0, 0.1) is 24.2 Å². The van der Waals surface area contributed by atoms with Gasteiger partial charge in [0.15, 0.2) is 0 Å². The molecule has 0 aromatic rings. The van der Waals surface area contributed by atoms with Crippen molar-refractivity contribution in [2.75, 3.05) is 19.6 Å². The smallest absolute Gasteiger partial charge is 0.318 e. The molecule has 100 valence electrons. The third-order valence-corrected chi connectivity index (χ3v) is 3.09. The molecule has 1 aliphatic carbocycles. The Morgan fingerprint density at radius 1 is 1.56 bits per heavy atom. The van der Waals surface area contributed by atoms with Crippen molar-refractivity contribution >= 4 is 12.0 Å². The minimum atomic E-state index is -0.886. The van der Waals surface area contributed by atoms with E-state index in [1.807, 2.05) is 0 Å². The van der Waals surface area contributed by atoms with Gasteiger partial charge in [-0.15, -0.1) is 6.42 Å². The summed E-state index contributed by atoms with van der Waals surface area (Å²) in [5.74, 6) is 1.59. The van der Waals surface area contributed by atoms with Gasteiger partial charge in [0, 0.05) is 13.1 Å². The summed E-state index contributed by atoms with van der Waals surface area (Å²) in [5.41, 5.74) is 0. The molecule has 0 aromatic heterocycles. The minimum absolute atomic E-state index is 0.149. The Morgan fingerprint density at radius 3 is 2.67 bits per heavy atom. The molecule has 0 heterocycles. The van der Waals surface area contributed by atoms with Crippen LogP contribution in [0.5, 0.6) is 0 Å². The fourth-order valence-electron chi connectivity index (χ4n) is 1.67. The molecule has 0 aliphatic heterocycles. The maximum absolute atomic E-state index is 11.9. The van der Waals surface area contributed by atoms with E-state index in [-0.39, 0.29) is 19.1 Å². The average Bonchev–Trinajstić information content (AvgIpc) is 3.12. The van der Waals surface area contributed by atoms with E-state index in [0.29, 0.717) is 18.9 Å². The summed E-state index contributed by atoms with van der Waals surface area (Å²) in [6, 6.07) is -0.264. The monoisotopic (exact) mass is 252 g/mol. The van der Waals surface area contributed by atoms with Crippen molar-refractivity contribution in [1.29, 1.82) is 0 Å². The van der Waals surface area contributed by atoms with Crippen LogP contribution in [0.3, 0.4) is 0 Å². The molecule has 0 saturated heterocycles. The van der Waals surface area contributed by atoms with Gasteiger partial charge >= 0.3 is 12.0 Å². The fraction of sp³-hybridized carbons (Fsp3) is 0.692. The van der Waals surface area contributed by atoms with E-state index >= 15 is 0 Å². The van der Waals surface area contributed by atoms with E-state index in [2.05, 4.69) is 11.2 Å². The number of amides is 2. The van der Waals surface area contributed by atoms with Gasteiger partial charge in [-0.2, -0.15) is 0 Å². The molecular formula is C13H20N2O3. The Bertz CT molecular complexity index is 345. The van der Waals surface area contributed by atoms with Crippen LogP contribution in [0.4, 0.5) is 4.79 Å². The lowest BCUT2D eigenvalue weighted by Gasteiger charge is -2.21. The quantitative estimate of drug-likeness (QED) is 0.668. The van der Waals surface area contributed by atoms with Gasteiger partial charge < -0.3 is 15.3 Å². The van der Waals surface area contributed by atoms with Crippen molar-refractivity contribution in [2.45, 2.75) is 26.2 Å². The summed E-state index contributed by atoms with van der Waals surface area (Å²) in [4.78, 5) is 24.3. The summed E-state index contributed by atoms with van der Waals surface area (Å²) < 4.78 is 0. The Kier molecular flexibility index (Phi) is 5.50. The molecule has 0 bridgehead atoms. The number of carbonyl (C=O) groups is 2. The third-order valence-electron chi connectivity index (χ3n) is 3.09. The lowest BCUT2D eigenvalue weighted by molar-refractivity contribution is -0.141. The van der Waals surface area contributed by atoms with Crippen LogP contribution in [0.2, 0.25) is 0 Å². The van der Waals surface area contributed by atoms with Gasteiger partial charge in [0.2, 0.25) is 0 Å². The molecule has 1 fully saturated rings. The molecule has 5 heteroatoms. The van der Waals surface area contributed by atoms with Crippen molar-refractivity contribution in [1.82, 2.24) is 10.2 Å². The zero-order valence-electron chi connectivity index (χ0n) is 10.7. The zero-order valence-corrected chi connectivity index (χ0v) is 10.7. The van der Waals surface area contributed by atoms with Crippen molar-refractivity contribution in [3.8, 4) is 12.3 Å². The van der Waals surface area contributed by atoms with Gasteiger partial charge in [-0.3, -0.25) is 4.79 Å². The number of rotatable bonds is 7. The van der Waals surface area contributed by atoms with Crippen molar-refractivity contribution in [3.05, 3.63) is 0 Å². The van der Waals surface area contributed by atoms with Crippen LogP contribution in [0.25, 0.3) is 0 Å². The maximum atomic E-state index is 11.9. The van der Waals surface area contributed by atoms with Gasteiger partial charge in [0.05, 0.1) is 12.5 Å². The van der Waals surface area contributed by atoms with E-state index < -0.39 is 11.9 Å². The van der Waals surface area contributed by atoms with E-state index in [9.17, 15) is 9.59 Å². The lowest BCUT2D eigenvalue weighted by atomic mass is 10.1. The number of urea groups is 1. The van der Waals surface area contributed by atoms with Crippen LogP contribution in [-0.2, 0) is 4.79 Å². The van der Waals surface area contributed by atoms with Gasteiger partial charge in [-0.05, 0) is 25.2 Å². The summed E-state index contributed by atoms with van der Waals surface area (Å²) >= 11 is 0. The molecule has 1 unspecified atom stereocenters. The summed E-state index contributed by atoms with van der Waals surface area (Å²) in [6.07, 6.45) is 8.00. The highest BCUT2D eigenvalue weighted by Crippen LogP contribution is 2.29. The summed E-state index contributed by atoms with van der Waals surface area (Å²) in [6.45, 7) is 2.87. The van der Waals surface area contributed by atoms with Crippen molar-refractivity contribution in [2.24, 2.45) is 11.8 Å². The van der Waals surface area contributed by atoms with E-state index in [1.54, 1.807) is 11.8 Å². The standard InChI is InChI=1S/C13H20N2O3/c1-3-7-15(9-10-5-6-10)13(18)14-8-11(4-2)12(16)17/h1,10-11H,4-9H2,2H3,(H,14,18)(H,16,17). The first-order valence-electron chi connectivity index (χ1n) is 6.27. The predicted molar refractivity (Wildman–Crippen MR) is 67.9 cm³/mol. The molecular weight excluding hydrogens is 232 g/mol. The minimum Gasteiger partial charge on any atom is -0.481 e. The molecule has 1 rings (SSSR count). The lowest BCUT2D eigenvalue weighted by Crippen LogP contribution is -2.43. The van der Waals surface area contributed by atoms with Gasteiger partial charge in [0.1, 0.15) is 0 Å². The molecule has 1 saturated carbocycles. The molecule has 0 spiro atoms. The number of nitrogens with zero attached hydrogens (tertiary/aromatic N) is 1. The first kappa shape index (κ1) is 14.4. The van der Waals surface area contributed by atoms with E-state index in [1.165, 1.54) is 0 Å². The first-order valence-corrected chi connectivity index (χ1v) is 6.27. The van der Waals surface area contributed by atoms with Crippen molar-refractivity contribution < 1.29 is 14.7 Å². The Morgan fingerprint density at radius 2 is 2.22 bits per heavy atom. The molecule has 0 radical (unpaired) electrons. The number of hydrogen-bond donors (Lipinski definition) is 2. The normalized spacial score (nSPS) is 15.6. The largest absolute Gasteiger partial charge is 0.481 e. The highest BCUT2D eigenvalue weighted by atomic mass is 16.4. The Labute approximate surface area is 108 Å². The third kappa shape index (κ3) is 4.66. The first-order chi connectivity index (χ1) is 8.58. The molecule has 1 aliphatic rings. The fourth-order valence-corrected chi connectivity index (χ4v) is 1.67. The van der Waals surface area contributed by atoms with E-state index in [0.717, 1.165) is 12.8 Å². The van der Waals surface area contributed by atoms with Crippen LogP contribution in [0.15, 0.2) is 0 Å². The highest BCUT2D eigenvalue weighted by molar-refractivity contribution is 5.76. The predicted octanol–water partition coefficient (Wildman–Crippen LogP) is 1.15. The SMILES string of the molecule is C#CCN(CC1CC1)C(=O)NCC(CC)C(=O)O. The molecule has 18 heavy (non-hydrogen) atoms. The highest BCUT2D eigenvalue weighted by Gasteiger charge is 2.26. The number of nitrogens with one attached hydrogen (secondary N) is 1. The summed E-state index contributed by atoms with van der Waals surface area (Å²) in [7, 11) is 0. The second kappa shape index (κ2) is 6.90. The molecule has 2 amide bonds. The maximum Gasteiger partial charge on any atom is 0.318 e. The number of carbonyl (C=O) groups excluding carboxylic acids is 1. The zero-order chi connectivity index (χ0) is 13.5. The number of hydrogen-bond acceptors (Lipinski definition) is 2. The van der Waals surface area contributed by atoms with Gasteiger partial charge in [0.25, 0.3) is 0 Å². The van der Waals surface area contributed by atoms with Gasteiger partial charge in [-0.25, -0.2) is 4.79 Å². The Balaban J connectivity index is 2.40. The molecule has 0 aromatic carbocycles. The van der Waals surface area contributed by atoms with Crippen LogP contribution in [0.1, 0.15) is 26.2 Å². The number of carboxylic acids is 1. The molecule has 1 atom stereocenters. The van der Waals surface area contributed by atoms with Crippen LogP contribution < -0.4 is 5.32 Å². The molecule has 5 nitrogen and oxygen atoms in total.